The Morgan fingerprint density at radius 2 is 1.93 bits per heavy atom. The summed E-state index contributed by atoms with van der Waals surface area (Å²) >= 11 is 5.92. The van der Waals surface area contributed by atoms with E-state index < -0.39 is 5.38 Å². The number of rotatable bonds is 3. The molecule has 5 rings (SSSR count). The highest BCUT2D eigenvalue weighted by Crippen LogP contribution is 2.35. The zero-order valence-corrected chi connectivity index (χ0v) is 16.5. The van der Waals surface area contributed by atoms with Gasteiger partial charge in [0.05, 0.1) is 5.69 Å². The molecule has 0 saturated carbocycles. The zero-order chi connectivity index (χ0) is 20.0. The predicted octanol–water partition coefficient (Wildman–Crippen LogP) is 1.80. The van der Waals surface area contributed by atoms with E-state index in [4.69, 9.17) is 21.1 Å². The molecular weight excluding hydrogens is 396 g/mol. The summed E-state index contributed by atoms with van der Waals surface area (Å²) in [6.45, 7) is 4.40. The molecule has 4 heterocycles. The molecule has 0 bridgehead atoms. The highest BCUT2D eigenvalue weighted by Gasteiger charge is 2.26. The molecule has 0 aliphatic carbocycles. The number of ether oxygens (including phenoxy) is 2. The first-order valence-corrected chi connectivity index (χ1v) is 9.83. The number of piperazine rings is 1. The second kappa shape index (κ2) is 7.07. The Hall–Kier alpha value is -3.07. The van der Waals surface area contributed by atoms with Crippen LogP contribution < -0.4 is 14.4 Å². The molecule has 2 aromatic heterocycles. The number of anilines is 1. The summed E-state index contributed by atoms with van der Waals surface area (Å²) in [5.41, 5.74) is 1.79. The Morgan fingerprint density at radius 1 is 1.14 bits per heavy atom. The van der Waals surface area contributed by atoms with Crippen LogP contribution in [0.1, 0.15) is 6.92 Å². The maximum atomic E-state index is 12.1. The van der Waals surface area contributed by atoms with Crippen LogP contribution in [0, 0.1) is 0 Å². The molecule has 150 valence electrons. The number of amides is 1. The number of nitrogens with zero attached hydrogens (tertiary/aromatic N) is 6. The average molecular weight is 415 g/mol. The van der Waals surface area contributed by atoms with E-state index in [-0.39, 0.29) is 12.7 Å². The number of carbonyl (C=O) groups excluding carboxylic acids is 1. The van der Waals surface area contributed by atoms with E-state index >= 15 is 0 Å². The molecule has 0 spiro atoms. The van der Waals surface area contributed by atoms with Crippen molar-refractivity contribution >= 4 is 29.2 Å². The number of aromatic nitrogens is 4. The number of hydrogen-bond acceptors (Lipinski definition) is 7. The van der Waals surface area contributed by atoms with Gasteiger partial charge in [-0.3, -0.25) is 4.79 Å². The van der Waals surface area contributed by atoms with E-state index in [0.29, 0.717) is 43.7 Å². The Labute approximate surface area is 171 Å². The normalized spacial score (nSPS) is 17.0. The van der Waals surface area contributed by atoms with Gasteiger partial charge < -0.3 is 19.3 Å². The van der Waals surface area contributed by atoms with E-state index in [0.717, 1.165) is 17.0 Å². The number of alkyl halides is 1. The molecule has 1 atom stereocenters. The summed E-state index contributed by atoms with van der Waals surface area (Å²) in [6, 6.07) is 7.66. The third kappa shape index (κ3) is 3.21. The highest BCUT2D eigenvalue weighted by molar-refractivity contribution is 6.30. The average Bonchev–Trinajstić information content (AvgIpc) is 3.39. The van der Waals surface area contributed by atoms with Crippen LogP contribution in [0.15, 0.2) is 30.5 Å². The largest absolute Gasteiger partial charge is 0.454 e. The second-order valence-electron chi connectivity index (χ2n) is 6.95. The minimum absolute atomic E-state index is 0.0407. The summed E-state index contributed by atoms with van der Waals surface area (Å²) < 4.78 is 12.6. The standard InChI is InChI=1S/C19H19ClN6O3/c1-12(20)17(27)24-6-8-25(9-7-24)19-22-18-21-5-4-14(26(18)23-19)13-2-3-15-16(10-13)29-11-28-15/h2-5,10,12H,6-9,11H2,1H3/t12-/m1/s1. The van der Waals surface area contributed by atoms with Gasteiger partial charge in [-0.2, -0.15) is 9.50 Å². The van der Waals surface area contributed by atoms with Crippen LogP contribution in [0.25, 0.3) is 17.0 Å². The Balaban J connectivity index is 1.42. The molecule has 9 nitrogen and oxygen atoms in total. The quantitative estimate of drug-likeness (QED) is 0.604. The SMILES string of the molecule is C[C@@H](Cl)C(=O)N1CCN(c2nc3nccc(-c4ccc5c(c4)OCO5)n3n2)CC1. The van der Waals surface area contributed by atoms with Crippen LogP contribution >= 0.6 is 11.6 Å². The van der Waals surface area contributed by atoms with Gasteiger partial charge in [0.15, 0.2) is 11.5 Å². The molecule has 0 radical (unpaired) electrons. The summed E-state index contributed by atoms with van der Waals surface area (Å²) in [4.78, 5) is 24.8. The lowest BCUT2D eigenvalue weighted by molar-refractivity contribution is -0.130. The molecule has 1 saturated heterocycles. The van der Waals surface area contributed by atoms with E-state index in [1.807, 2.05) is 24.3 Å². The number of fused-ring (bicyclic) bond motifs is 2. The van der Waals surface area contributed by atoms with E-state index in [1.54, 1.807) is 22.5 Å². The number of carbonyl (C=O) groups is 1. The number of benzene rings is 1. The zero-order valence-electron chi connectivity index (χ0n) is 15.8. The van der Waals surface area contributed by atoms with Gasteiger partial charge in [-0.05, 0) is 31.2 Å². The molecule has 29 heavy (non-hydrogen) atoms. The minimum atomic E-state index is -0.511. The fourth-order valence-electron chi connectivity index (χ4n) is 3.57. The van der Waals surface area contributed by atoms with Crippen molar-refractivity contribution in [3.63, 3.8) is 0 Å². The monoisotopic (exact) mass is 414 g/mol. The lowest BCUT2D eigenvalue weighted by Gasteiger charge is -2.34. The van der Waals surface area contributed by atoms with Crippen molar-refractivity contribution in [2.75, 3.05) is 37.9 Å². The molecule has 0 unspecified atom stereocenters. The van der Waals surface area contributed by atoms with Crippen molar-refractivity contribution < 1.29 is 14.3 Å². The highest BCUT2D eigenvalue weighted by atomic mass is 35.5. The fourth-order valence-corrected chi connectivity index (χ4v) is 3.71. The van der Waals surface area contributed by atoms with E-state index in [2.05, 4.69) is 20.0 Å². The summed E-state index contributed by atoms with van der Waals surface area (Å²) in [5.74, 6) is 2.51. The summed E-state index contributed by atoms with van der Waals surface area (Å²) in [6.07, 6.45) is 1.71. The Bertz CT molecular complexity index is 1080. The third-order valence-corrected chi connectivity index (χ3v) is 5.30. The fraction of sp³-hybridized carbons (Fsp3) is 0.368. The van der Waals surface area contributed by atoms with Gasteiger partial charge in [0.2, 0.25) is 18.6 Å². The summed E-state index contributed by atoms with van der Waals surface area (Å²) in [5, 5.41) is 4.17. The van der Waals surface area contributed by atoms with E-state index in [1.165, 1.54) is 0 Å². The van der Waals surface area contributed by atoms with Crippen molar-refractivity contribution in [1.82, 2.24) is 24.5 Å². The lowest BCUT2D eigenvalue weighted by Crippen LogP contribution is -2.50. The van der Waals surface area contributed by atoms with Crippen LogP contribution in [-0.4, -0.2) is 68.7 Å². The van der Waals surface area contributed by atoms with Crippen molar-refractivity contribution in [2.24, 2.45) is 0 Å². The van der Waals surface area contributed by atoms with Crippen molar-refractivity contribution in [3.05, 3.63) is 30.5 Å². The van der Waals surface area contributed by atoms with Crippen molar-refractivity contribution in [1.29, 1.82) is 0 Å². The van der Waals surface area contributed by atoms with Gasteiger partial charge in [0, 0.05) is 37.9 Å². The molecule has 2 aliphatic heterocycles. The molecular formula is C19H19ClN6O3. The van der Waals surface area contributed by atoms with Crippen LogP contribution in [0.2, 0.25) is 0 Å². The second-order valence-corrected chi connectivity index (χ2v) is 7.60. The summed E-state index contributed by atoms with van der Waals surface area (Å²) in [7, 11) is 0. The third-order valence-electron chi connectivity index (χ3n) is 5.11. The van der Waals surface area contributed by atoms with Gasteiger partial charge in [0.1, 0.15) is 5.38 Å². The predicted molar refractivity (Wildman–Crippen MR) is 106 cm³/mol. The Kier molecular flexibility index (Phi) is 4.39. The minimum Gasteiger partial charge on any atom is -0.454 e. The van der Waals surface area contributed by atoms with E-state index in [9.17, 15) is 4.79 Å². The van der Waals surface area contributed by atoms with Crippen LogP contribution in [0.4, 0.5) is 5.95 Å². The maximum Gasteiger partial charge on any atom is 0.254 e. The topological polar surface area (TPSA) is 85.1 Å². The van der Waals surface area contributed by atoms with Crippen LogP contribution in [-0.2, 0) is 4.79 Å². The van der Waals surface area contributed by atoms with Gasteiger partial charge in [-0.15, -0.1) is 16.7 Å². The van der Waals surface area contributed by atoms with Crippen LogP contribution in [0.3, 0.4) is 0 Å². The molecule has 2 aliphatic rings. The van der Waals surface area contributed by atoms with Crippen molar-refractivity contribution in [2.45, 2.75) is 12.3 Å². The van der Waals surface area contributed by atoms with Gasteiger partial charge >= 0.3 is 0 Å². The molecule has 1 amide bonds. The van der Waals surface area contributed by atoms with Gasteiger partial charge in [0.25, 0.3) is 5.78 Å². The molecule has 1 aromatic carbocycles. The first kappa shape index (κ1) is 18.0. The van der Waals surface area contributed by atoms with Gasteiger partial charge in [-0.25, -0.2) is 4.98 Å². The lowest BCUT2D eigenvalue weighted by atomic mass is 10.1. The van der Waals surface area contributed by atoms with Crippen molar-refractivity contribution in [3.8, 4) is 22.8 Å². The smallest absolute Gasteiger partial charge is 0.254 e. The molecule has 10 heteroatoms. The molecule has 3 aromatic rings. The Morgan fingerprint density at radius 3 is 2.72 bits per heavy atom. The number of hydrogen-bond donors (Lipinski definition) is 0. The molecule has 1 fully saturated rings. The first-order valence-electron chi connectivity index (χ1n) is 9.40. The first-order chi connectivity index (χ1) is 14.1. The molecule has 0 N–H and O–H groups in total. The van der Waals surface area contributed by atoms with Crippen LogP contribution in [0.5, 0.6) is 11.5 Å². The maximum absolute atomic E-state index is 12.1. The number of halogens is 1. The van der Waals surface area contributed by atoms with Gasteiger partial charge in [-0.1, -0.05) is 0 Å².